The molecule has 0 saturated carbocycles. The lowest BCUT2D eigenvalue weighted by atomic mass is 10.1. The molecule has 2 N–H and O–H groups in total. The van der Waals surface area contributed by atoms with E-state index in [2.05, 4.69) is 5.16 Å². The van der Waals surface area contributed by atoms with Crippen molar-refractivity contribution in [3.63, 3.8) is 0 Å². The van der Waals surface area contributed by atoms with Crippen molar-refractivity contribution in [1.29, 1.82) is 0 Å². The van der Waals surface area contributed by atoms with E-state index in [1.54, 1.807) is 24.1 Å². The van der Waals surface area contributed by atoms with Gasteiger partial charge in [-0.1, -0.05) is 11.2 Å². The molecule has 1 amide bonds. The summed E-state index contributed by atoms with van der Waals surface area (Å²) in [5.41, 5.74) is 8.56. The minimum atomic E-state index is -0.0783. The van der Waals surface area contributed by atoms with Gasteiger partial charge < -0.3 is 15.2 Å². The zero-order valence-electron chi connectivity index (χ0n) is 11.3. The Kier molecular flexibility index (Phi) is 3.55. The van der Waals surface area contributed by atoms with E-state index in [4.69, 9.17) is 10.3 Å². The van der Waals surface area contributed by atoms with E-state index in [0.29, 0.717) is 17.8 Å². The van der Waals surface area contributed by atoms with Crippen LogP contribution in [0.5, 0.6) is 0 Å². The van der Waals surface area contributed by atoms with Crippen LogP contribution in [0.1, 0.15) is 27.4 Å². The molecule has 5 heteroatoms. The molecule has 5 nitrogen and oxygen atoms in total. The van der Waals surface area contributed by atoms with E-state index in [1.165, 1.54) is 0 Å². The average Bonchev–Trinajstić information content (AvgIpc) is 2.77. The van der Waals surface area contributed by atoms with Crippen LogP contribution in [0.2, 0.25) is 0 Å². The highest BCUT2D eigenvalue weighted by Crippen LogP contribution is 2.15. The molecule has 0 fully saturated rings. The predicted molar refractivity (Wildman–Crippen MR) is 72.6 cm³/mol. The van der Waals surface area contributed by atoms with Crippen LogP contribution in [0.25, 0.3) is 0 Å². The molecule has 0 spiro atoms. The lowest BCUT2D eigenvalue weighted by Gasteiger charge is -2.17. The van der Waals surface area contributed by atoms with Crippen LogP contribution >= 0.6 is 0 Å². The average molecular weight is 259 g/mol. The molecular formula is C14H17N3O2. The molecule has 19 heavy (non-hydrogen) atoms. The van der Waals surface area contributed by atoms with Gasteiger partial charge in [-0.15, -0.1) is 0 Å². The highest BCUT2D eigenvalue weighted by molar-refractivity contribution is 5.96. The van der Waals surface area contributed by atoms with Crippen molar-refractivity contribution in [3.05, 3.63) is 46.8 Å². The maximum Gasteiger partial charge on any atom is 0.254 e. The number of rotatable bonds is 3. The van der Waals surface area contributed by atoms with Crippen molar-refractivity contribution in [2.75, 3.05) is 12.8 Å². The van der Waals surface area contributed by atoms with E-state index < -0.39 is 0 Å². The smallest absolute Gasteiger partial charge is 0.254 e. The first-order valence-corrected chi connectivity index (χ1v) is 6.01. The first-order valence-electron chi connectivity index (χ1n) is 6.01. The Morgan fingerprint density at radius 3 is 2.74 bits per heavy atom. The van der Waals surface area contributed by atoms with Crippen molar-refractivity contribution in [2.45, 2.75) is 20.4 Å². The SMILES string of the molecule is Cc1cc(CN(C)C(=O)c2cc(N)ccc2C)no1. The van der Waals surface area contributed by atoms with Gasteiger partial charge in [0, 0.05) is 24.4 Å². The molecule has 0 aliphatic heterocycles. The van der Waals surface area contributed by atoms with E-state index in [0.717, 1.165) is 17.0 Å². The van der Waals surface area contributed by atoms with Gasteiger partial charge in [0.25, 0.3) is 5.91 Å². The fourth-order valence-electron chi connectivity index (χ4n) is 1.88. The summed E-state index contributed by atoms with van der Waals surface area (Å²) in [5, 5.41) is 3.88. The van der Waals surface area contributed by atoms with Gasteiger partial charge in [-0.2, -0.15) is 0 Å². The van der Waals surface area contributed by atoms with Crippen LogP contribution in [0.3, 0.4) is 0 Å². The highest BCUT2D eigenvalue weighted by Gasteiger charge is 2.16. The molecule has 0 radical (unpaired) electrons. The van der Waals surface area contributed by atoms with Gasteiger partial charge >= 0.3 is 0 Å². The number of carbonyl (C=O) groups excluding carboxylic acids is 1. The molecule has 0 saturated heterocycles. The van der Waals surface area contributed by atoms with Gasteiger partial charge in [-0.05, 0) is 31.5 Å². The fraction of sp³-hybridized carbons (Fsp3) is 0.286. The Labute approximate surface area is 112 Å². The molecule has 1 aromatic carbocycles. The van der Waals surface area contributed by atoms with Crippen molar-refractivity contribution < 1.29 is 9.32 Å². The highest BCUT2D eigenvalue weighted by atomic mass is 16.5. The maximum atomic E-state index is 12.3. The van der Waals surface area contributed by atoms with Gasteiger partial charge in [0.1, 0.15) is 11.5 Å². The third kappa shape index (κ3) is 2.93. The van der Waals surface area contributed by atoms with E-state index in [1.807, 2.05) is 26.0 Å². The standard InChI is InChI=1S/C14H17N3O2/c1-9-4-5-11(15)7-13(9)14(18)17(3)8-12-6-10(2)19-16-12/h4-7H,8,15H2,1-3H3. The first kappa shape index (κ1) is 13.1. The van der Waals surface area contributed by atoms with Crippen molar-refractivity contribution >= 4 is 11.6 Å². The molecule has 0 unspecified atom stereocenters. The van der Waals surface area contributed by atoms with Crippen LogP contribution in [0, 0.1) is 13.8 Å². The van der Waals surface area contributed by atoms with Crippen LogP contribution in [0.4, 0.5) is 5.69 Å². The molecule has 100 valence electrons. The summed E-state index contributed by atoms with van der Waals surface area (Å²) in [4.78, 5) is 13.9. The third-order valence-electron chi connectivity index (χ3n) is 2.91. The number of hydrogen-bond acceptors (Lipinski definition) is 4. The Balaban J connectivity index is 2.16. The van der Waals surface area contributed by atoms with Gasteiger partial charge in [0.05, 0.1) is 6.54 Å². The number of benzene rings is 1. The largest absolute Gasteiger partial charge is 0.399 e. The number of anilines is 1. The number of aromatic nitrogens is 1. The number of nitrogens with zero attached hydrogens (tertiary/aromatic N) is 2. The number of hydrogen-bond donors (Lipinski definition) is 1. The van der Waals surface area contributed by atoms with Gasteiger partial charge in [-0.25, -0.2) is 0 Å². The molecule has 0 bridgehead atoms. The second kappa shape index (κ2) is 5.14. The normalized spacial score (nSPS) is 10.5. The summed E-state index contributed by atoms with van der Waals surface area (Å²) < 4.78 is 4.99. The minimum Gasteiger partial charge on any atom is -0.399 e. The molecule has 1 aromatic heterocycles. The lowest BCUT2D eigenvalue weighted by Crippen LogP contribution is -2.27. The second-order valence-corrected chi connectivity index (χ2v) is 4.66. The topological polar surface area (TPSA) is 72.4 Å². The fourth-order valence-corrected chi connectivity index (χ4v) is 1.88. The predicted octanol–water partition coefficient (Wildman–Crippen LogP) is 2.15. The van der Waals surface area contributed by atoms with E-state index >= 15 is 0 Å². The maximum absolute atomic E-state index is 12.3. The number of carbonyl (C=O) groups is 1. The second-order valence-electron chi connectivity index (χ2n) is 4.66. The minimum absolute atomic E-state index is 0.0783. The first-order chi connectivity index (χ1) is 8.97. The van der Waals surface area contributed by atoms with E-state index in [9.17, 15) is 4.79 Å². The molecule has 0 aliphatic rings. The molecule has 0 atom stereocenters. The monoisotopic (exact) mass is 259 g/mol. The van der Waals surface area contributed by atoms with Crippen molar-refractivity contribution in [1.82, 2.24) is 10.1 Å². The number of nitrogen functional groups attached to an aromatic ring is 1. The molecule has 1 heterocycles. The molecular weight excluding hydrogens is 242 g/mol. The summed E-state index contributed by atoms with van der Waals surface area (Å²) in [6, 6.07) is 7.14. The molecule has 2 rings (SSSR count). The van der Waals surface area contributed by atoms with Crippen molar-refractivity contribution in [2.24, 2.45) is 0 Å². The Morgan fingerprint density at radius 2 is 2.11 bits per heavy atom. The zero-order valence-corrected chi connectivity index (χ0v) is 11.3. The number of aryl methyl sites for hydroxylation is 2. The van der Waals surface area contributed by atoms with Crippen LogP contribution in [-0.4, -0.2) is 23.0 Å². The van der Waals surface area contributed by atoms with Gasteiger partial charge in [0.2, 0.25) is 0 Å². The summed E-state index contributed by atoms with van der Waals surface area (Å²) in [6.07, 6.45) is 0. The summed E-state index contributed by atoms with van der Waals surface area (Å²) >= 11 is 0. The van der Waals surface area contributed by atoms with Crippen LogP contribution < -0.4 is 5.73 Å². The van der Waals surface area contributed by atoms with Crippen LogP contribution in [-0.2, 0) is 6.54 Å². The Bertz CT molecular complexity index is 604. The number of amides is 1. The van der Waals surface area contributed by atoms with Gasteiger partial charge in [0.15, 0.2) is 0 Å². The summed E-state index contributed by atoms with van der Waals surface area (Å²) in [7, 11) is 1.73. The third-order valence-corrected chi connectivity index (χ3v) is 2.91. The van der Waals surface area contributed by atoms with Crippen LogP contribution in [0.15, 0.2) is 28.8 Å². The van der Waals surface area contributed by atoms with E-state index in [-0.39, 0.29) is 5.91 Å². The Morgan fingerprint density at radius 1 is 1.37 bits per heavy atom. The lowest BCUT2D eigenvalue weighted by molar-refractivity contribution is 0.0781. The van der Waals surface area contributed by atoms with Gasteiger partial charge in [-0.3, -0.25) is 4.79 Å². The Hall–Kier alpha value is -2.30. The van der Waals surface area contributed by atoms with Crippen molar-refractivity contribution in [3.8, 4) is 0 Å². The number of nitrogens with two attached hydrogens (primary N) is 1. The quantitative estimate of drug-likeness (QED) is 0.857. The summed E-state index contributed by atoms with van der Waals surface area (Å²) in [5.74, 6) is 0.654. The molecule has 2 aromatic rings. The zero-order chi connectivity index (χ0) is 14.0. The molecule has 0 aliphatic carbocycles. The summed E-state index contributed by atoms with van der Waals surface area (Å²) in [6.45, 7) is 4.12.